The van der Waals surface area contributed by atoms with Crippen molar-refractivity contribution in [1.29, 1.82) is 0 Å². The van der Waals surface area contributed by atoms with Crippen molar-refractivity contribution in [2.24, 2.45) is 0 Å². The molecule has 102 valence electrons. The van der Waals surface area contributed by atoms with Crippen LogP contribution in [-0.4, -0.2) is 22.5 Å². The number of aryl methyl sites for hydroxylation is 1. The maximum atomic E-state index is 12.6. The number of amides is 1. The van der Waals surface area contributed by atoms with Crippen molar-refractivity contribution in [3.05, 3.63) is 53.9 Å². The first-order valence-electron chi connectivity index (χ1n) is 6.81. The second kappa shape index (κ2) is 5.33. The smallest absolute Gasteiger partial charge is 0.280 e. The van der Waals surface area contributed by atoms with E-state index in [0.29, 0.717) is 6.54 Å². The molecule has 0 saturated carbocycles. The second-order valence-corrected chi connectivity index (χ2v) is 4.91. The van der Waals surface area contributed by atoms with Crippen molar-refractivity contribution < 1.29 is 9.90 Å². The predicted molar refractivity (Wildman–Crippen MR) is 77.0 cm³/mol. The Morgan fingerprint density at radius 1 is 1.15 bits per heavy atom. The van der Waals surface area contributed by atoms with Gasteiger partial charge in [0.1, 0.15) is 5.75 Å². The van der Waals surface area contributed by atoms with E-state index in [4.69, 9.17) is 0 Å². The summed E-state index contributed by atoms with van der Waals surface area (Å²) in [6.45, 7) is 0.659. The van der Waals surface area contributed by atoms with Gasteiger partial charge in [-0.15, -0.1) is 0 Å². The van der Waals surface area contributed by atoms with Crippen LogP contribution in [-0.2, 0) is 6.42 Å². The highest BCUT2D eigenvalue weighted by molar-refractivity contribution is 6.06. The molecule has 0 atom stereocenters. The fourth-order valence-electron chi connectivity index (χ4n) is 2.59. The van der Waals surface area contributed by atoms with E-state index >= 15 is 0 Å². The van der Waals surface area contributed by atoms with Gasteiger partial charge < -0.3 is 10.0 Å². The van der Waals surface area contributed by atoms with E-state index in [1.807, 2.05) is 18.2 Å². The van der Waals surface area contributed by atoms with Crippen LogP contribution in [0.25, 0.3) is 0 Å². The van der Waals surface area contributed by atoms with Gasteiger partial charge in [0.2, 0.25) is 0 Å². The van der Waals surface area contributed by atoms with E-state index in [-0.39, 0.29) is 17.4 Å². The molecule has 1 aliphatic rings. The lowest BCUT2D eigenvalue weighted by Crippen LogP contribution is -2.32. The number of anilines is 1. The highest BCUT2D eigenvalue weighted by Crippen LogP contribution is 2.28. The van der Waals surface area contributed by atoms with E-state index in [2.05, 4.69) is 11.1 Å². The molecule has 0 radical (unpaired) electrons. The second-order valence-electron chi connectivity index (χ2n) is 4.91. The predicted octanol–water partition coefficient (Wildman–Crippen LogP) is 2.77. The fourth-order valence-corrected chi connectivity index (χ4v) is 2.59. The summed E-state index contributed by atoms with van der Waals surface area (Å²) < 4.78 is 0. The summed E-state index contributed by atoms with van der Waals surface area (Å²) in [7, 11) is 0. The van der Waals surface area contributed by atoms with Crippen LogP contribution in [0.4, 0.5) is 5.69 Å². The Morgan fingerprint density at radius 3 is 2.85 bits per heavy atom. The van der Waals surface area contributed by atoms with Crippen LogP contribution in [0, 0.1) is 0 Å². The molecule has 0 bridgehead atoms. The highest BCUT2D eigenvalue weighted by atomic mass is 16.3. The average molecular weight is 268 g/mol. The van der Waals surface area contributed by atoms with Gasteiger partial charge in [-0.05, 0) is 43.0 Å². The molecule has 0 saturated heterocycles. The van der Waals surface area contributed by atoms with Gasteiger partial charge in [-0.1, -0.05) is 18.2 Å². The molecule has 0 aliphatic carbocycles. The SMILES string of the molecule is O=C(c1ncccc1O)N1CCCCc2ccccc21. The van der Waals surface area contributed by atoms with Crippen molar-refractivity contribution in [3.8, 4) is 5.75 Å². The van der Waals surface area contributed by atoms with Gasteiger partial charge in [0.15, 0.2) is 5.69 Å². The molecule has 1 N–H and O–H groups in total. The van der Waals surface area contributed by atoms with Crippen molar-refractivity contribution >= 4 is 11.6 Å². The minimum absolute atomic E-state index is 0.0702. The minimum Gasteiger partial charge on any atom is -0.505 e. The van der Waals surface area contributed by atoms with Crippen LogP contribution in [0.15, 0.2) is 42.6 Å². The number of carbonyl (C=O) groups is 1. The van der Waals surface area contributed by atoms with E-state index in [1.54, 1.807) is 11.0 Å². The Labute approximate surface area is 117 Å². The van der Waals surface area contributed by atoms with Gasteiger partial charge in [-0.25, -0.2) is 4.98 Å². The Balaban J connectivity index is 2.02. The van der Waals surface area contributed by atoms with Crippen molar-refractivity contribution in [3.63, 3.8) is 0 Å². The third-order valence-electron chi connectivity index (χ3n) is 3.59. The molecule has 20 heavy (non-hydrogen) atoms. The third-order valence-corrected chi connectivity index (χ3v) is 3.59. The summed E-state index contributed by atoms with van der Waals surface area (Å²) in [6.07, 6.45) is 4.52. The maximum Gasteiger partial charge on any atom is 0.280 e. The number of hydrogen-bond acceptors (Lipinski definition) is 3. The summed E-state index contributed by atoms with van der Waals surface area (Å²) in [4.78, 5) is 18.4. The Hall–Kier alpha value is -2.36. The van der Waals surface area contributed by atoms with Gasteiger partial charge >= 0.3 is 0 Å². The topological polar surface area (TPSA) is 53.4 Å². The first-order chi connectivity index (χ1) is 9.77. The Bertz CT molecular complexity index is 640. The number of fused-ring (bicyclic) bond motifs is 1. The minimum atomic E-state index is -0.238. The van der Waals surface area contributed by atoms with E-state index in [9.17, 15) is 9.90 Å². The summed E-state index contributed by atoms with van der Waals surface area (Å²) >= 11 is 0. The molecule has 2 aromatic rings. The third kappa shape index (κ3) is 2.25. The number of benzene rings is 1. The molecule has 1 aromatic carbocycles. The van der Waals surface area contributed by atoms with E-state index in [0.717, 1.165) is 24.9 Å². The van der Waals surface area contributed by atoms with Crippen LogP contribution in [0.2, 0.25) is 0 Å². The molecule has 1 aromatic heterocycles. The number of rotatable bonds is 1. The Kier molecular flexibility index (Phi) is 3.37. The molecule has 1 amide bonds. The number of aromatic hydroxyl groups is 1. The first kappa shape index (κ1) is 12.7. The normalized spacial score (nSPS) is 14.5. The van der Waals surface area contributed by atoms with Gasteiger partial charge in [0.25, 0.3) is 5.91 Å². The van der Waals surface area contributed by atoms with Gasteiger partial charge in [-0.2, -0.15) is 0 Å². The summed E-state index contributed by atoms with van der Waals surface area (Å²) in [5.74, 6) is -0.309. The molecule has 3 rings (SSSR count). The van der Waals surface area contributed by atoms with Crippen LogP contribution < -0.4 is 4.90 Å². The van der Waals surface area contributed by atoms with Gasteiger partial charge in [0.05, 0.1) is 0 Å². The average Bonchev–Trinajstić information content (AvgIpc) is 2.69. The van der Waals surface area contributed by atoms with Crippen LogP contribution >= 0.6 is 0 Å². The molecule has 2 heterocycles. The lowest BCUT2D eigenvalue weighted by atomic mass is 10.1. The first-order valence-corrected chi connectivity index (χ1v) is 6.81. The highest BCUT2D eigenvalue weighted by Gasteiger charge is 2.24. The number of nitrogens with zero attached hydrogens (tertiary/aromatic N) is 2. The molecule has 0 spiro atoms. The van der Waals surface area contributed by atoms with Crippen molar-refractivity contribution in [1.82, 2.24) is 4.98 Å². The number of aromatic nitrogens is 1. The van der Waals surface area contributed by atoms with Crippen LogP contribution in [0.1, 0.15) is 28.9 Å². The number of para-hydroxylation sites is 1. The Morgan fingerprint density at radius 2 is 2.00 bits per heavy atom. The number of hydrogen-bond donors (Lipinski definition) is 1. The summed E-state index contributed by atoms with van der Waals surface area (Å²) in [5, 5.41) is 9.82. The maximum absolute atomic E-state index is 12.6. The van der Waals surface area contributed by atoms with Crippen LogP contribution in [0.3, 0.4) is 0 Å². The number of pyridine rings is 1. The summed E-state index contributed by atoms with van der Waals surface area (Å²) in [5.41, 5.74) is 2.22. The van der Waals surface area contributed by atoms with E-state index in [1.165, 1.54) is 17.8 Å². The van der Waals surface area contributed by atoms with Crippen LogP contribution in [0.5, 0.6) is 5.75 Å². The fraction of sp³-hybridized carbons (Fsp3) is 0.250. The molecule has 4 heteroatoms. The quantitative estimate of drug-likeness (QED) is 0.865. The zero-order valence-corrected chi connectivity index (χ0v) is 11.1. The standard InChI is InChI=1S/C16H16N2O2/c19-14-9-5-10-17-15(14)16(20)18-11-4-3-7-12-6-1-2-8-13(12)18/h1-2,5-6,8-10,19H,3-4,7,11H2. The largest absolute Gasteiger partial charge is 0.505 e. The number of carbonyl (C=O) groups excluding carboxylic acids is 1. The van der Waals surface area contributed by atoms with Gasteiger partial charge in [0, 0.05) is 18.4 Å². The van der Waals surface area contributed by atoms with Crippen molar-refractivity contribution in [2.45, 2.75) is 19.3 Å². The lowest BCUT2D eigenvalue weighted by Gasteiger charge is -2.22. The monoisotopic (exact) mass is 268 g/mol. The van der Waals surface area contributed by atoms with Crippen molar-refractivity contribution in [2.75, 3.05) is 11.4 Å². The lowest BCUT2D eigenvalue weighted by molar-refractivity contribution is 0.0979. The molecule has 0 unspecified atom stereocenters. The molecular formula is C16H16N2O2. The molecule has 0 fully saturated rings. The zero-order valence-electron chi connectivity index (χ0n) is 11.1. The summed E-state index contributed by atoms with van der Waals surface area (Å²) in [6, 6.07) is 11.0. The molecule has 1 aliphatic heterocycles. The molecule has 4 nitrogen and oxygen atoms in total. The van der Waals surface area contributed by atoms with E-state index < -0.39 is 0 Å². The van der Waals surface area contributed by atoms with Gasteiger partial charge in [-0.3, -0.25) is 4.79 Å². The molecular weight excluding hydrogens is 252 g/mol. The zero-order chi connectivity index (χ0) is 13.9.